The summed E-state index contributed by atoms with van der Waals surface area (Å²) in [5.41, 5.74) is 0.852. The van der Waals surface area contributed by atoms with Gasteiger partial charge in [0.1, 0.15) is 13.2 Å². The minimum Gasteiger partial charge on any atom is -0.486 e. The highest BCUT2D eigenvalue weighted by molar-refractivity contribution is 5.48. The molecular formula is C10H9NO3. The van der Waals surface area contributed by atoms with Crippen molar-refractivity contribution >= 4 is 6.08 Å². The average Bonchev–Trinajstić information content (AvgIpc) is 2.26. The number of nitrogens with zero attached hydrogens (tertiary/aromatic N) is 1. The summed E-state index contributed by atoms with van der Waals surface area (Å²) in [5, 5.41) is 0. The fourth-order valence-corrected chi connectivity index (χ4v) is 1.38. The van der Waals surface area contributed by atoms with E-state index in [9.17, 15) is 4.79 Å². The Labute approximate surface area is 81.2 Å². The number of hydrogen-bond donors (Lipinski definition) is 0. The Balaban J connectivity index is 2.34. The lowest BCUT2D eigenvalue weighted by Crippen LogP contribution is -2.16. The van der Waals surface area contributed by atoms with Gasteiger partial charge in [0.2, 0.25) is 6.08 Å². The first-order chi connectivity index (χ1) is 6.92. The van der Waals surface area contributed by atoms with Crippen LogP contribution in [0.15, 0.2) is 23.2 Å². The Morgan fingerprint density at radius 3 is 3.07 bits per heavy atom. The van der Waals surface area contributed by atoms with Crippen LogP contribution in [0.4, 0.5) is 0 Å². The molecule has 4 nitrogen and oxygen atoms in total. The van der Waals surface area contributed by atoms with Crippen molar-refractivity contribution in [3.63, 3.8) is 0 Å². The molecule has 2 rings (SSSR count). The summed E-state index contributed by atoms with van der Waals surface area (Å²) in [4.78, 5) is 13.5. The van der Waals surface area contributed by atoms with Gasteiger partial charge in [0.05, 0.1) is 6.54 Å². The topological polar surface area (TPSA) is 47.9 Å². The van der Waals surface area contributed by atoms with E-state index in [1.54, 1.807) is 0 Å². The number of rotatable bonds is 2. The van der Waals surface area contributed by atoms with Gasteiger partial charge in [-0.2, -0.15) is 0 Å². The fourth-order valence-electron chi connectivity index (χ4n) is 1.38. The molecule has 1 aliphatic rings. The summed E-state index contributed by atoms with van der Waals surface area (Å²) in [6.45, 7) is 1.39. The average molecular weight is 191 g/mol. The Morgan fingerprint density at radius 2 is 2.21 bits per heavy atom. The summed E-state index contributed by atoms with van der Waals surface area (Å²) in [5.74, 6) is 1.41. The van der Waals surface area contributed by atoms with Crippen molar-refractivity contribution in [2.75, 3.05) is 13.2 Å². The van der Waals surface area contributed by atoms with E-state index >= 15 is 0 Å². The predicted octanol–water partition coefficient (Wildman–Crippen LogP) is 1.29. The zero-order chi connectivity index (χ0) is 9.80. The molecule has 1 aromatic rings. The molecule has 0 fully saturated rings. The van der Waals surface area contributed by atoms with E-state index in [-0.39, 0.29) is 6.54 Å². The molecule has 0 radical (unpaired) electrons. The van der Waals surface area contributed by atoms with Crippen LogP contribution in [0, 0.1) is 0 Å². The third-order valence-corrected chi connectivity index (χ3v) is 1.96. The maximum atomic E-state index is 9.98. The van der Waals surface area contributed by atoms with Gasteiger partial charge in [-0.3, -0.25) is 0 Å². The lowest BCUT2D eigenvalue weighted by molar-refractivity contribution is 0.170. The van der Waals surface area contributed by atoms with E-state index in [2.05, 4.69) is 4.99 Å². The highest BCUT2D eigenvalue weighted by Gasteiger charge is 2.14. The van der Waals surface area contributed by atoms with Crippen LogP contribution in [0.3, 0.4) is 0 Å². The van der Waals surface area contributed by atoms with Crippen molar-refractivity contribution in [3.05, 3.63) is 23.8 Å². The van der Waals surface area contributed by atoms with Crippen LogP contribution in [0.25, 0.3) is 0 Å². The Kier molecular flexibility index (Phi) is 2.47. The number of ether oxygens (including phenoxy) is 2. The summed E-state index contributed by atoms with van der Waals surface area (Å²) < 4.78 is 10.8. The maximum Gasteiger partial charge on any atom is 0.235 e. The van der Waals surface area contributed by atoms with Crippen LogP contribution >= 0.6 is 0 Å². The molecule has 0 saturated carbocycles. The number of para-hydroxylation sites is 1. The van der Waals surface area contributed by atoms with Gasteiger partial charge in [-0.05, 0) is 6.07 Å². The summed E-state index contributed by atoms with van der Waals surface area (Å²) in [7, 11) is 0. The van der Waals surface area contributed by atoms with Gasteiger partial charge in [0, 0.05) is 5.56 Å². The van der Waals surface area contributed by atoms with Crippen LogP contribution in [0.5, 0.6) is 11.5 Å². The van der Waals surface area contributed by atoms with E-state index in [0.717, 1.165) is 11.3 Å². The van der Waals surface area contributed by atoms with Gasteiger partial charge < -0.3 is 9.47 Å². The zero-order valence-corrected chi connectivity index (χ0v) is 7.53. The number of aliphatic imine (C=N–C) groups is 1. The molecule has 1 heterocycles. The lowest BCUT2D eigenvalue weighted by Gasteiger charge is -2.20. The van der Waals surface area contributed by atoms with Gasteiger partial charge >= 0.3 is 0 Å². The van der Waals surface area contributed by atoms with E-state index < -0.39 is 0 Å². The molecule has 14 heavy (non-hydrogen) atoms. The number of carbonyl (C=O) groups excluding carboxylic acids is 1. The first kappa shape index (κ1) is 8.78. The number of isocyanates is 1. The van der Waals surface area contributed by atoms with E-state index in [1.807, 2.05) is 18.2 Å². The molecule has 0 aromatic heterocycles. The van der Waals surface area contributed by atoms with Crippen molar-refractivity contribution in [3.8, 4) is 11.5 Å². The van der Waals surface area contributed by atoms with Gasteiger partial charge in [0.25, 0.3) is 0 Å². The number of benzene rings is 1. The second-order valence-electron chi connectivity index (χ2n) is 2.85. The first-order valence-corrected chi connectivity index (χ1v) is 4.33. The molecule has 0 amide bonds. The number of hydrogen-bond acceptors (Lipinski definition) is 4. The van der Waals surface area contributed by atoms with E-state index in [4.69, 9.17) is 9.47 Å². The van der Waals surface area contributed by atoms with Crippen LogP contribution < -0.4 is 9.47 Å². The predicted molar refractivity (Wildman–Crippen MR) is 49.3 cm³/mol. The third-order valence-electron chi connectivity index (χ3n) is 1.96. The normalized spacial score (nSPS) is 13.1. The Morgan fingerprint density at radius 1 is 1.36 bits per heavy atom. The summed E-state index contributed by atoms with van der Waals surface area (Å²) in [6.07, 6.45) is 1.50. The lowest BCUT2D eigenvalue weighted by atomic mass is 10.2. The highest BCUT2D eigenvalue weighted by atomic mass is 16.6. The van der Waals surface area contributed by atoms with Crippen LogP contribution in [0.1, 0.15) is 5.56 Å². The molecule has 0 saturated heterocycles. The van der Waals surface area contributed by atoms with Crippen LogP contribution in [0.2, 0.25) is 0 Å². The molecule has 72 valence electrons. The zero-order valence-electron chi connectivity index (χ0n) is 7.53. The van der Waals surface area contributed by atoms with Crippen molar-refractivity contribution in [2.24, 2.45) is 4.99 Å². The third kappa shape index (κ3) is 1.60. The molecule has 0 N–H and O–H groups in total. The molecule has 0 unspecified atom stereocenters. The van der Waals surface area contributed by atoms with Crippen molar-refractivity contribution < 1.29 is 14.3 Å². The number of fused-ring (bicyclic) bond motifs is 1. The molecule has 0 bridgehead atoms. The van der Waals surface area contributed by atoms with Crippen LogP contribution in [-0.2, 0) is 11.3 Å². The van der Waals surface area contributed by atoms with Crippen molar-refractivity contribution in [1.29, 1.82) is 0 Å². The smallest absolute Gasteiger partial charge is 0.235 e. The van der Waals surface area contributed by atoms with Crippen molar-refractivity contribution in [2.45, 2.75) is 6.54 Å². The Bertz CT molecular complexity index is 383. The minimum absolute atomic E-state index is 0.288. The van der Waals surface area contributed by atoms with Gasteiger partial charge in [-0.1, -0.05) is 12.1 Å². The SMILES string of the molecule is O=C=NCc1cccc2c1OCCO2. The summed E-state index contributed by atoms with van der Waals surface area (Å²) in [6, 6.07) is 5.54. The maximum absolute atomic E-state index is 9.98. The molecule has 0 atom stereocenters. The monoisotopic (exact) mass is 191 g/mol. The van der Waals surface area contributed by atoms with Gasteiger partial charge in [-0.15, -0.1) is 0 Å². The van der Waals surface area contributed by atoms with Gasteiger partial charge in [0.15, 0.2) is 11.5 Å². The second kappa shape index (κ2) is 3.94. The molecule has 4 heteroatoms. The molecule has 0 spiro atoms. The van der Waals surface area contributed by atoms with E-state index in [1.165, 1.54) is 6.08 Å². The highest BCUT2D eigenvalue weighted by Crippen LogP contribution is 2.33. The largest absolute Gasteiger partial charge is 0.486 e. The second-order valence-corrected chi connectivity index (χ2v) is 2.85. The fraction of sp³-hybridized carbons (Fsp3) is 0.300. The molecule has 1 aliphatic heterocycles. The molecule has 0 aliphatic carbocycles. The van der Waals surface area contributed by atoms with Gasteiger partial charge in [-0.25, -0.2) is 9.79 Å². The quantitative estimate of drug-likeness (QED) is 0.522. The molecular weight excluding hydrogens is 182 g/mol. The molecule has 1 aromatic carbocycles. The standard InChI is InChI=1S/C10H9NO3/c12-7-11-6-8-2-1-3-9-10(8)14-5-4-13-9/h1-3H,4-6H2. The van der Waals surface area contributed by atoms with Crippen LogP contribution in [-0.4, -0.2) is 19.3 Å². The Hall–Kier alpha value is -1.80. The van der Waals surface area contributed by atoms with Crippen molar-refractivity contribution in [1.82, 2.24) is 0 Å². The van der Waals surface area contributed by atoms with E-state index in [0.29, 0.717) is 19.0 Å². The minimum atomic E-state index is 0.288. The first-order valence-electron chi connectivity index (χ1n) is 4.33. The summed E-state index contributed by atoms with van der Waals surface area (Å²) >= 11 is 0.